The Morgan fingerprint density at radius 2 is 1.62 bits per heavy atom. The molecule has 2 heterocycles. The zero-order valence-corrected chi connectivity index (χ0v) is 18.7. The van der Waals surface area contributed by atoms with Crippen LogP contribution in [0.15, 0.2) is 26.0 Å². The van der Waals surface area contributed by atoms with Crippen molar-refractivity contribution in [2.75, 3.05) is 13.1 Å². The van der Waals surface area contributed by atoms with Crippen molar-refractivity contribution in [3.63, 3.8) is 0 Å². The molecule has 0 unspecified atom stereocenters. The predicted octanol–water partition coefficient (Wildman–Crippen LogP) is 2.31. The van der Waals surface area contributed by atoms with Gasteiger partial charge in [0.15, 0.2) is 0 Å². The summed E-state index contributed by atoms with van der Waals surface area (Å²) in [5.41, 5.74) is 2.82. The normalized spacial score (nSPS) is 11.7. The number of aliphatic carboxylic acids is 1. The number of nitrogens with one attached hydrogen (secondary N) is 2. The molecule has 3 aromatic rings. The lowest BCUT2D eigenvalue weighted by molar-refractivity contribution is -0.137. The lowest BCUT2D eigenvalue weighted by Crippen LogP contribution is -2.39. The first-order valence-corrected chi connectivity index (χ1v) is 10.1. The van der Waals surface area contributed by atoms with Gasteiger partial charge >= 0.3 is 11.6 Å². The van der Waals surface area contributed by atoms with Crippen LogP contribution in [-0.2, 0) is 26.2 Å². The molecule has 0 aliphatic carbocycles. The maximum absolute atomic E-state index is 12.6. The molecule has 170 valence electrons. The highest BCUT2D eigenvalue weighted by Gasteiger charge is 2.24. The first-order chi connectivity index (χ1) is 14.9. The first-order valence-electron chi connectivity index (χ1n) is 10.1. The summed E-state index contributed by atoms with van der Waals surface area (Å²) in [6, 6.07) is 1.92. The van der Waals surface area contributed by atoms with Crippen LogP contribution in [0.1, 0.15) is 43.0 Å². The minimum Gasteiger partial charge on any atom is -0.480 e. The van der Waals surface area contributed by atoms with Crippen molar-refractivity contribution in [1.82, 2.24) is 10.6 Å². The van der Waals surface area contributed by atoms with Crippen LogP contribution in [0.2, 0.25) is 0 Å². The number of carbonyl (C=O) groups is 3. The summed E-state index contributed by atoms with van der Waals surface area (Å²) < 4.78 is 11.3. The number of carboxylic acids is 1. The van der Waals surface area contributed by atoms with E-state index in [4.69, 9.17) is 13.9 Å². The number of benzene rings is 1. The van der Waals surface area contributed by atoms with Crippen molar-refractivity contribution in [3.05, 3.63) is 45.0 Å². The van der Waals surface area contributed by atoms with Gasteiger partial charge in [0.25, 0.3) is 0 Å². The van der Waals surface area contributed by atoms with Gasteiger partial charge in [0.2, 0.25) is 11.8 Å². The molecule has 9 heteroatoms. The van der Waals surface area contributed by atoms with Crippen molar-refractivity contribution in [3.8, 4) is 0 Å². The third-order valence-corrected chi connectivity index (χ3v) is 5.37. The Labute approximate surface area is 183 Å². The smallest absolute Gasteiger partial charge is 0.340 e. The average Bonchev–Trinajstić information content (AvgIpc) is 3.14. The third-order valence-electron chi connectivity index (χ3n) is 5.37. The summed E-state index contributed by atoms with van der Waals surface area (Å²) in [7, 11) is 0. The Morgan fingerprint density at radius 3 is 2.25 bits per heavy atom. The number of carbonyl (C=O) groups excluding carboxylic acids is 2. The van der Waals surface area contributed by atoms with Gasteiger partial charge in [-0.15, -0.1) is 0 Å². The summed E-state index contributed by atoms with van der Waals surface area (Å²) in [6.45, 7) is 8.88. The van der Waals surface area contributed by atoms with Crippen molar-refractivity contribution >= 4 is 39.7 Å². The Morgan fingerprint density at radius 1 is 0.969 bits per heavy atom. The van der Waals surface area contributed by atoms with Crippen LogP contribution in [0.5, 0.6) is 0 Å². The number of furan rings is 1. The van der Waals surface area contributed by atoms with E-state index in [9.17, 15) is 19.2 Å². The Balaban J connectivity index is 1.94. The van der Waals surface area contributed by atoms with Crippen LogP contribution in [-0.4, -0.2) is 36.0 Å². The summed E-state index contributed by atoms with van der Waals surface area (Å²) in [4.78, 5) is 47.0. The fraction of sp³-hybridized carbons (Fsp3) is 0.391. The van der Waals surface area contributed by atoms with E-state index >= 15 is 0 Å². The number of hydrogen-bond donors (Lipinski definition) is 3. The average molecular weight is 442 g/mol. The maximum Gasteiger partial charge on any atom is 0.340 e. The molecule has 0 saturated heterocycles. The molecule has 0 spiro atoms. The van der Waals surface area contributed by atoms with E-state index in [0.717, 1.165) is 10.9 Å². The quantitative estimate of drug-likeness (QED) is 0.498. The molecule has 1 aromatic carbocycles. The van der Waals surface area contributed by atoms with Crippen LogP contribution in [0.25, 0.3) is 21.9 Å². The Kier molecular flexibility index (Phi) is 6.11. The van der Waals surface area contributed by atoms with Gasteiger partial charge in [0.05, 0.1) is 24.8 Å². The number of carboxylic acid groups (broad SMARTS) is 1. The number of rotatable bonds is 6. The van der Waals surface area contributed by atoms with E-state index in [0.29, 0.717) is 27.7 Å². The molecule has 0 aliphatic rings. The zero-order chi connectivity index (χ0) is 23.8. The predicted molar refractivity (Wildman–Crippen MR) is 118 cm³/mol. The zero-order valence-electron chi connectivity index (χ0n) is 18.7. The second kappa shape index (κ2) is 8.49. The van der Waals surface area contributed by atoms with E-state index in [2.05, 4.69) is 31.4 Å². The van der Waals surface area contributed by atoms with Gasteiger partial charge in [0, 0.05) is 21.9 Å². The van der Waals surface area contributed by atoms with Crippen molar-refractivity contribution < 1.29 is 28.3 Å². The molecular weight excluding hydrogens is 416 g/mol. The number of amides is 2. The van der Waals surface area contributed by atoms with Crippen molar-refractivity contribution in [2.45, 2.75) is 46.5 Å². The van der Waals surface area contributed by atoms with Gasteiger partial charge in [-0.3, -0.25) is 14.4 Å². The molecule has 0 fully saturated rings. The fourth-order valence-electron chi connectivity index (χ4n) is 3.62. The SMILES string of the molecule is Cc1c(CC(=O)NCC(=O)NCC(=O)O)c(=O)oc2c(C)c3occ(C(C)(C)C)c3cc12. The van der Waals surface area contributed by atoms with Crippen LogP contribution >= 0.6 is 0 Å². The van der Waals surface area contributed by atoms with Gasteiger partial charge < -0.3 is 24.6 Å². The first kappa shape index (κ1) is 23.1. The van der Waals surface area contributed by atoms with E-state index in [1.807, 2.05) is 13.0 Å². The van der Waals surface area contributed by atoms with Gasteiger partial charge in [-0.2, -0.15) is 0 Å². The molecule has 0 saturated carbocycles. The van der Waals surface area contributed by atoms with Crippen molar-refractivity contribution in [2.24, 2.45) is 0 Å². The van der Waals surface area contributed by atoms with Gasteiger partial charge in [-0.05, 0) is 30.9 Å². The molecule has 3 rings (SSSR count). The molecule has 0 bridgehead atoms. The largest absolute Gasteiger partial charge is 0.480 e. The summed E-state index contributed by atoms with van der Waals surface area (Å²) in [5.74, 6) is -2.39. The Bertz CT molecular complexity index is 1290. The van der Waals surface area contributed by atoms with Crippen LogP contribution < -0.4 is 16.3 Å². The number of fused-ring (bicyclic) bond motifs is 2. The van der Waals surface area contributed by atoms with Crippen LogP contribution in [0.3, 0.4) is 0 Å². The highest BCUT2D eigenvalue weighted by molar-refractivity contribution is 6.00. The fourth-order valence-corrected chi connectivity index (χ4v) is 3.62. The molecule has 3 N–H and O–H groups in total. The molecule has 0 atom stereocenters. The number of hydrogen-bond acceptors (Lipinski definition) is 6. The summed E-state index contributed by atoms with van der Waals surface area (Å²) in [5, 5.41) is 14.7. The lowest BCUT2D eigenvalue weighted by atomic mass is 9.86. The summed E-state index contributed by atoms with van der Waals surface area (Å²) >= 11 is 0. The molecule has 9 nitrogen and oxygen atoms in total. The van der Waals surface area contributed by atoms with E-state index < -0.39 is 36.5 Å². The molecule has 0 aliphatic heterocycles. The topological polar surface area (TPSA) is 139 Å². The molecular formula is C23H26N2O7. The minimum atomic E-state index is -1.19. The van der Waals surface area contributed by atoms with Gasteiger partial charge in [-0.25, -0.2) is 4.79 Å². The third kappa shape index (κ3) is 4.51. The highest BCUT2D eigenvalue weighted by Crippen LogP contribution is 2.37. The Hall–Kier alpha value is -3.62. The maximum atomic E-state index is 12.6. The molecule has 0 radical (unpaired) electrons. The van der Waals surface area contributed by atoms with Gasteiger partial charge in [0.1, 0.15) is 17.7 Å². The standard InChI is InChI=1S/C23H26N2O7/c1-11-13-6-15-16(23(3,4)5)10-31-20(15)12(2)21(13)32-22(30)14(11)7-17(26)24-8-18(27)25-9-19(28)29/h6,10H,7-9H2,1-5H3,(H,24,26)(H,25,27)(H,28,29). The minimum absolute atomic E-state index is 0.154. The second-order valence-corrected chi connectivity index (χ2v) is 8.77. The molecule has 2 aromatic heterocycles. The second-order valence-electron chi connectivity index (χ2n) is 8.77. The summed E-state index contributed by atoms with van der Waals surface area (Å²) in [6.07, 6.45) is 1.44. The lowest BCUT2D eigenvalue weighted by Gasteiger charge is -2.17. The number of aryl methyl sites for hydroxylation is 2. The van der Waals surface area contributed by atoms with E-state index in [1.165, 1.54) is 0 Å². The molecule has 2 amide bonds. The van der Waals surface area contributed by atoms with E-state index in [-0.39, 0.29) is 17.4 Å². The van der Waals surface area contributed by atoms with Crippen LogP contribution in [0.4, 0.5) is 0 Å². The molecule has 32 heavy (non-hydrogen) atoms. The highest BCUT2D eigenvalue weighted by atomic mass is 16.4. The van der Waals surface area contributed by atoms with Crippen LogP contribution in [0, 0.1) is 13.8 Å². The monoisotopic (exact) mass is 442 g/mol. The van der Waals surface area contributed by atoms with Gasteiger partial charge in [-0.1, -0.05) is 20.8 Å². The van der Waals surface area contributed by atoms with Crippen molar-refractivity contribution in [1.29, 1.82) is 0 Å². The van der Waals surface area contributed by atoms with E-state index in [1.54, 1.807) is 13.2 Å².